The normalized spacial score (nSPS) is 10.8. The van der Waals surface area contributed by atoms with E-state index in [2.05, 4.69) is 10.3 Å². The van der Waals surface area contributed by atoms with Gasteiger partial charge >= 0.3 is 0 Å². The van der Waals surface area contributed by atoms with Crippen LogP contribution < -0.4 is 10.7 Å². The topological polar surface area (TPSA) is 62.0 Å². The molecule has 0 aliphatic carbocycles. The number of aromatic nitrogens is 1. The number of hydrogen-bond donors (Lipinski definition) is 2. The minimum Gasteiger partial charge on any atom is -0.357 e. The average Bonchev–Trinajstić information content (AvgIpc) is 2.58. The van der Waals surface area contributed by atoms with Gasteiger partial charge in [0, 0.05) is 28.4 Å². The molecule has 3 rings (SSSR count). The number of hydrogen-bond acceptors (Lipinski definition) is 3. The first kappa shape index (κ1) is 17.6. The molecule has 0 saturated heterocycles. The van der Waals surface area contributed by atoms with E-state index in [1.807, 2.05) is 37.3 Å². The monoisotopic (exact) mass is 372 g/mol. The van der Waals surface area contributed by atoms with Crippen LogP contribution in [0, 0.1) is 6.92 Å². The maximum atomic E-state index is 12.2. The summed E-state index contributed by atoms with van der Waals surface area (Å²) in [7, 11) is 0. The highest BCUT2D eigenvalue weighted by Gasteiger charge is 2.07. The summed E-state index contributed by atoms with van der Waals surface area (Å²) in [4.78, 5) is 27.5. The molecule has 1 amide bonds. The van der Waals surface area contributed by atoms with Crippen LogP contribution >= 0.6 is 23.4 Å². The van der Waals surface area contributed by atoms with Gasteiger partial charge in [-0.1, -0.05) is 35.4 Å². The fourth-order valence-electron chi connectivity index (χ4n) is 2.50. The molecule has 128 valence electrons. The highest BCUT2D eigenvalue weighted by Crippen LogP contribution is 2.21. The molecule has 3 aromatic rings. The van der Waals surface area contributed by atoms with E-state index < -0.39 is 0 Å². The number of fused-ring (bicyclic) bond motifs is 1. The highest BCUT2D eigenvalue weighted by molar-refractivity contribution is 7.99. The molecular weight excluding hydrogens is 356 g/mol. The molecule has 0 aliphatic rings. The van der Waals surface area contributed by atoms with Crippen molar-refractivity contribution in [3.8, 4) is 0 Å². The summed E-state index contributed by atoms with van der Waals surface area (Å²) < 4.78 is 0. The molecule has 2 aromatic carbocycles. The minimum atomic E-state index is -0.128. The maximum Gasteiger partial charge on any atom is 0.234 e. The van der Waals surface area contributed by atoms with Crippen LogP contribution in [0.3, 0.4) is 0 Å². The van der Waals surface area contributed by atoms with Gasteiger partial charge < -0.3 is 10.3 Å². The number of anilines is 1. The first-order chi connectivity index (χ1) is 12.0. The molecule has 1 heterocycles. The average molecular weight is 373 g/mol. The lowest BCUT2D eigenvalue weighted by Crippen LogP contribution is -2.14. The fraction of sp³-hybridized carbons (Fsp3) is 0.158. The van der Waals surface area contributed by atoms with Crippen LogP contribution in [0.5, 0.6) is 0 Å². The standard InChI is InChI=1S/C19H17ClN2O2S/c1-12-6-7-16-14(8-12)18(23)9-13(21-16)10-25-11-19(24)22-17-5-3-2-4-15(17)20/h2-9H,10-11H2,1H3,(H,21,23)(H,22,24). The second-order valence-electron chi connectivity index (χ2n) is 5.73. The zero-order valence-corrected chi connectivity index (χ0v) is 15.2. The molecule has 0 radical (unpaired) electrons. The SMILES string of the molecule is Cc1ccc2[nH]c(CSCC(=O)Nc3ccccc3Cl)cc(=O)c2c1. The first-order valence-corrected chi connectivity index (χ1v) is 9.31. The second-order valence-corrected chi connectivity index (χ2v) is 7.12. The predicted molar refractivity (Wildman–Crippen MR) is 106 cm³/mol. The third kappa shape index (κ3) is 4.44. The van der Waals surface area contributed by atoms with Gasteiger partial charge in [0.1, 0.15) is 0 Å². The third-order valence-electron chi connectivity index (χ3n) is 3.68. The molecule has 0 spiro atoms. The largest absolute Gasteiger partial charge is 0.357 e. The number of pyridine rings is 1. The predicted octanol–water partition coefficient (Wildman–Crippen LogP) is 4.36. The number of thioether (sulfide) groups is 1. The van der Waals surface area contributed by atoms with Crippen LogP contribution in [0.25, 0.3) is 10.9 Å². The Morgan fingerprint density at radius 3 is 2.80 bits per heavy atom. The number of para-hydroxylation sites is 1. The number of carbonyl (C=O) groups is 1. The molecular formula is C19H17ClN2O2S. The van der Waals surface area contributed by atoms with Crippen LogP contribution in [0.2, 0.25) is 5.02 Å². The van der Waals surface area contributed by atoms with E-state index in [4.69, 9.17) is 11.6 Å². The number of benzene rings is 2. The van der Waals surface area contributed by atoms with E-state index in [0.29, 0.717) is 21.8 Å². The summed E-state index contributed by atoms with van der Waals surface area (Å²) in [6.07, 6.45) is 0. The van der Waals surface area contributed by atoms with Crippen molar-refractivity contribution in [2.24, 2.45) is 0 Å². The van der Waals surface area contributed by atoms with E-state index in [-0.39, 0.29) is 17.1 Å². The molecule has 0 unspecified atom stereocenters. The number of carbonyl (C=O) groups excluding carboxylic acids is 1. The van der Waals surface area contributed by atoms with E-state index >= 15 is 0 Å². The number of aryl methyl sites for hydroxylation is 1. The Bertz CT molecular complexity index is 985. The lowest BCUT2D eigenvalue weighted by atomic mass is 10.1. The quantitative estimate of drug-likeness (QED) is 0.699. The van der Waals surface area contributed by atoms with Gasteiger partial charge in [-0.2, -0.15) is 0 Å². The van der Waals surface area contributed by atoms with E-state index in [1.165, 1.54) is 11.8 Å². The van der Waals surface area contributed by atoms with Gasteiger partial charge in [-0.15, -0.1) is 11.8 Å². The summed E-state index contributed by atoms with van der Waals surface area (Å²) in [5, 5.41) is 3.97. The summed E-state index contributed by atoms with van der Waals surface area (Å²) in [6.45, 7) is 1.96. The van der Waals surface area contributed by atoms with Crippen LogP contribution in [-0.2, 0) is 10.5 Å². The van der Waals surface area contributed by atoms with E-state index in [1.54, 1.807) is 18.2 Å². The summed E-state index contributed by atoms with van der Waals surface area (Å²) >= 11 is 7.46. The van der Waals surface area contributed by atoms with Crippen LogP contribution in [0.4, 0.5) is 5.69 Å². The Morgan fingerprint density at radius 1 is 1.20 bits per heavy atom. The lowest BCUT2D eigenvalue weighted by molar-refractivity contribution is -0.113. The first-order valence-electron chi connectivity index (χ1n) is 7.77. The van der Waals surface area contributed by atoms with Gasteiger partial charge in [-0.3, -0.25) is 9.59 Å². The van der Waals surface area contributed by atoms with Gasteiger partial charge in [0.25, 0.3) is 0 Å². The smallest absolute Gasteiger partial charge is 0.234 e. The molecule has 0 bridgehead atoms. The highest BCUT2D eigenvalue weighted by atomic mass is 35.5. The van der Waals surface area contributed by atoms with Gasteiger partial charge in [-0.05, 0) is 31.2 Å². The fourth-order valence-corrected chi connectivity index (χ4v) is 3.41. The number of H-pyrrole nitrogens is 1. The number of amides is 1. The van der Waals surface area contributed by atoms with Crippen molar-refractivity contribution in [1.82, 2.24) is 4.98 Å². The van der Waals surface area contributed by atoms with Crippen molar-refractivity contribution in [2.45, 2.75) is 12.7 Å². The number of nitrogens with one attached hydrogen (secondary N) is 2. The van der Waals surface area contributed by atoms with Gasteiger partial charge in [0.2, 0.25) is 5.91 Å². The number of halogens is 1. The van der Waals surface area contributed by atoms with Crippen molar-refractivity contribution in [3.63, 3.8) is 0 Å². The van der Waals surface area contributed by atoms with E-state index in [9.17, 15) is 9.59 Å². The minimum absolute atomic E-state index is 0.00595. The molecule has 0 saturated carbocycles. The zero-order valence-electron chi connectivity index (χ0n) is 13.6. The molecule has 1 aromatic heterocycles. The van der Waals surface area contributed by atoms with Crippen molar-refractivity contribution < 1.29 is 4.79 Å². The third-order valence-corrected chi connectivity index (χ3v) is 4.99. The molecule has 2 N–H and O–H groups in total. The van der Waals surface area contributed by atoms with Crippen molar-refractivity contribution in [2.75, 3.05) is 11.1 Å². The molecule has 25 heavy (non-hydrogen) atoms. The Balaban J connectivity index is 1.61. The lowest BCUT2D eigenvalue weighted by Gasteiger charge is -2.07. The summed E-state index contributed by atoms with van der Waals surface area (Å²) in [5.41, 5.74) is 3.26. The second kappa shape index (κ2) is 7.76. The van der Waals surface area contributed by atoms with Crippen LogP contribution in [0.15, 0.2) is 53.3 Å². The van der Waals surface area contributed by atoms with Crippen LogP contribution in [0.1, 0.15) is 11.3 Å². The van der Waals surface area contributed by atoms with Crippen LogP contribution in [-0.4, -0.2) is 16.6 Å². The Kier molecular flexibility index (Phi) is 5.46. The number of rotatable bonds is 5. The summed E-state index contributed by atoms with van der Waals surface area (Å²) in [6, 6.07) is 14.5. The molecule has 0 fully saturated rings. The number of aromatic amines is 1. The Hall–Kier alpha value is -2.24. The van der Waals surface area contributed by atoms with Crippen molar-refractivity contribution >= 4 is 45.9 Å². The molecule has 6 heteroatoms. The van der Waals surface area contributed by atoms with Crippen molar-refractivity contribution in [1.29, 1.82) is 0 Å². The van der Waals surface area contributed by atoms with Crippen molar-refractivity contribution in [3.05, 3.63) is 75.0 Å². The Morgan fingerprint density at radius 2 is 2.00 bits per heavy atom. The van der Waals surface area contributed by atoms with Gasteiger partial charge in [-0.25, -0.2) is 0 Å². The summed E-state index contributed by atoms with van der Waals surface area (Å²) in [5.74, 6) is 0.700. The molecule has 0 atom stereocenters. The van der Waals surface area contributed by atoms with Gasteiger partial charge in [0.05, 0.1) is 16.5 Å². The molecule has 4 nitrogen and oxygen atoms in total. The molecule has 0 aliphatic heterocycles. The van der Waals surface area contributed by atoms with Gasteiger partial charge in [0.15, 0.2) is 5.43 Å². The Labute approximate surface area is 154 Å². The maximum absolute atomic E-state index is 12.2. The zero-order chi connectivity index (χ0) is 17.8. The van der Waals surface area contributed by atoms with E-state index in [0.717, 1.165) is 16.8 Å².